The molecule has 2 amide bonds. The first-order valence-electron chi connectivity index (χ1n) is 10.0. The number of nitrogens with one attached hydrogen (secondary N) is 2. The lowest BCUT2D eigenvalue weighted by molar-refractivity contribution is -0.143. The lowest BCUT2D eigenvalue weighted by Gasteiger charge is -2.30. The minimum Gasteiger partial charge on any atom is -0.358 e. The van der Waals surface area contributed by atoms with Gasteiger partial charge in [-0.1, -0.05) is 18.2 Å². The molecule has 0 saturated carbocycles. The summed E-state index contributed by atoms with van der Waals surface area (Å²) in [6.07, 6.45) is 2.85. The normalized spacial score (nSPS) is 25.5. The van der Waals surface area contributed by atoms with Gasteiger partial charge in [-0.3, -0.25) is 19.0 Å². The van der Waals surface area contributed by atoms with Crippen LogP contribution < -0.4 is 10.6 Å². The van der Waals surface area contributed by atoms with Crippen molar-refractivity contribution in [2.75, 3.05) is 13.7 Å². The number of nitrogens with zero attached hydrogens (tertiary/aromatic N) is 2. The minimum atomic E-state index is -0.696. The van der Waals surface area contributed by atoms with E-state index in [1.54, 1.807) is 29.6 Å². The van der Waals surface area contributed by atoms with E-state index in [-0.39, 0.29) is 17.7 Å². The summed E-state index contributed by atoms with van der Waals surface area (Å²) < 4.78 is 7.47. The number of para-hydroxylation sites is 1. The van der Waals surface area contributed by atoms with Crippen LogP contribution in [0, 0.1) is 0 Å². The molecule has 154 valence electrons. The molecule has 8 heteroatoms. The molecule has 2 aliphatic heterocycles. The highest BCUT2D eigenvalue weighted by atomic mass is 16.5. The van der Waals surface area contributed by atoms with Gasteiger partial charge >= 0.3 is 0 Å². The Bertz CT molecular complexity index is 940. The van der Waals surface area contributed by atoms with Gasteiger partial charge in [-0.2, -0.15) is 0 Å². The molecule has 1 unspecified atom stereocenters. The third-order valence-corrected chi connectivity index (χ3v) is 5.87. The molecule has 2 aromatic rings. The van der Waals surface area contributed by atoms with E-state index in [4.69, 9.17) is 4.74 Å². The summed E-state index contributed by atoms with van der Waals surface area (Å²) >= 11 is 0. The van der Waals surface area contributed by atoms with Gasteiger partial charge in [0, 0.05) is 18.0 Å². The number of amides is 2. The minimum absolute atomic E-state index is 0.152. The van der Waals surface area contributed by atoms with E-state index < -0.39 is 24.4 Å². The average Bonchev–Trinajstić information content (AvgIpc) is 3.32. The number of hydrogen-bond acceptors (Lipinski definition) is 5. The first-order valence-corrected chi connectivity index (χ1v) is 10.0. The molecule has 1 aromatic carbocycles. The highest BCUT2D eigenvalue weighted by Crippen LogP contribution is 2.30. The van der Waals surface area contributed by atoms with E-state index in [2.05, 4.69) is 10.6 Å². The average molecular weight is 398 g/mol. The monoisotopic (exact) mass is 398 g/mol. The molecule has 2 N–H and O–H groups in total. The third kappa shape index (κ3) is 3.54. The number of ether oxygens (including phenoxy) is 1. The van der Waals surface area contributed by atoms with Gasteiger partial charge in [0.15, 0.2) is 0 Å². The van der Waals surface area contributed by atoms with Gasteiger partial charge in [-0.05, 0) is 38.9 Å². The van der Waals surface area contributed by atoms with Crippen molar-refractivity contribution < 1.29 is 19.1 Å². The molecule has 1 aromatic heterocycles. The van der Waals surface area contributed by atoms with E-state index >= 15 is 0 Å². The topological polar surface area (TPSA) is 92.7 Å². The molecule has 2 aliphatic rings. The second-order valence-corrected chi connectivity index (χ2v) is 7.61. The number of aromatic nitrogens is 1. The summed E-state index contributed by atoms with van der Waals surface area (Å²) in [5.74, 6) is -0.652. The number of benzene rings is 1. The van der Waals surface area contributed by atoms with Crippen molar-refractivity contribution in [2.45, 2.75) is 50.5 Å². The van der Waals surface area contributed by atoms with Crippen LogP contribution in [0.15, 0.2) is 36.5 Å². The maximum Gasteiger partial charge on any atom is 0.253 e. The van der Waals surface area contributed by atoms with Crippen LogP contribution in [0.5, 0.6) is 0 Å². The van der Waals surface area contributed by atoms with Crippen LogP contribution >= 0.6 is 0 Å². The van der Waals surface area contributed by atoms with E-state index in [1.165, 1.54) is 0 Å². The van der Waals surface area contributed by atoms with Crippen molar-refractivity contribution in [3.63, 3.8) is 0 Å². The van der Waals surface area contributed by atoms with Crippen LogP contribution in [-0.2, 0) is 14.3 Å². The Kier molecular flexibility index (Phi) is 5.38. The summed E-state index contributed by atoms with van der Waals surface area (Å²) in [5.41, 5.74) is 0.817. The fourth-order valence-electron chi connectivity index (χ4n) is 4.10. The molecule has 2 saturated heterocycles. The van der Waals surface area contributed by atoms with E-state index in [9.17, 15) is 14.4 Å². The Morgan fingerprint density at radius 3 is 2.76 bits per heavy atom. The Hall–Kier alpha value is -2.71. The Balaban J connectivity index is 1.58. The summed E-state index contributed by atoms with van der Waals surface area (Å²) in [4.78, 5) is 40.4. The zero-order chi connectivity index (χ0) is 20.5. The lowest BCUT2D eigenvalue weighted by Crippen LogP contribution is -2.55. The number of carbonyl (C=O) groups excluding carboxylic acids is 3. The highest BCUT2D eigenvalue weighted by molar-refractivity contribution is 5.98. The van der Waals surface area contributed by atoms with Gasteiger partial charge in [-0.15, -0.1) is 0 Å². The largest absolute Gasteiger partial charge is 0.358 e. The molecule has 4 rings (SSSR count). The molecule has 2 fully saturated rings. The maximum atomic E-state index is 13.3. The summed E-state index contributed by atoms with van der Waals surface area (Å²) in [6, 6.07) is 7.83. The van der Waals surface area contributed by atoms with Gasteiger partial charge in [0.05, 0.1) is 18.2 Å². The molecular formula is C21H26N4O4. The van der Waals surface area contributed by atoms with E-state index in [1.807, 2.05) is 30.3 Å². The van der Waals surface area contributed by atoms with Crippen LogP contribution in [0.25, 0.3) is 10.9 Å². The number of rotatable bonds is 4. The molecule has 4 atom stereocenters. The molecular weight excluding hydrogens is 372 g/mol. The predicted octanol–water partition coefficient (Wildman–Crippen LogP) is 1.11. The molecule has 0 radical (unpaired) electrons. The van der Waals surface area contributed by atoms with Crippen molar-refractivity contribution in [3.8, 4) is 0 Å². The zero-order valence-electron chi connectivity index (χ0n) is 16.6. The Labute approximate surface area is 169 Å². The molecule has 0 spiro atoms. The van der Waals surface area contributed by atoms with Crippen molar-refractivity contribution in [2.24, 2.45) is 0 Å². The van der Waals surface area contributed by atoms with Gasteiger partial charge in [0.1, 0.15) is 18.3 Å². The maximum absolute atomic E-state index is 13.3. The Morgan fingerprint density at radius 2 is 1.97 bits per heavy atom. The van der Waals surface area contributed by atoms with Gasteiger partial charge in [-0.25, -0.2) is 0 Å². The second kappa shape index (κ2) is 7.96. The Morgan fingerprint density at radius 1 is 1.17 bits per heavy atom. The van der Waals surface area contributed by atoms with Crippen molar-refractivity contribution in [1.82, 2.24) is 20.1 Å². The molecule has 8 nitrogen and oxygen atoms in total. The van der Waals surface area contributed by atoms with E-state index in [0.29, 0.717) is 25.9 Å². The number of hydrogen-bond donors (Lipinski definition) is 2. The number of likely N-dealkylation sites (N-methyl/N-ethyl adjacent to an activating group) is 1. The van der Waals surface area contributed by atoms with Gasteiger partial charge in [0.2, 0.25) is 11.8 Å². The fraction of sp³-hybridized carbons (Fsp3) is 0.476. The summed E-state index contributed by atoms with van der Waals surface area (Å²) in [7, 11) is 1.69. The third-order valence-electron chi connectivity index (χ3n) is 5.87. The predicted molar refractivity (Wildman–Crippen MR) is 107 cm³/mol. The second-order valence-electron chi connectivity index (χ2n) is 7.61. The number of carbonyl (C=O) groups is 3. The fourth-order valence-corrected chi connectivity index (χ4v) is 4.10. The summed E-state index contributed by atoms with van der Waals surface area (Å²) in [6.45, 7) is 2.09. The van der Waals surface area contributed by atoms with Crippen LogP contribution in [0.3, 0.4) is 0 Å². The SMILES string of the molecule is CN[C@@H](C)C(=O)N[C@H]1CCOC2CC[C@H](C(=O)n3ccc4ccccc43)N2C1=O. The van der Waals surface area contributed by atoms with Crippen LogP contribution in [0.1, 0.15) is 31.0 Å². The first-order chi connectivity index (χ1) is 14.0. The van der Waals surface area contributed by atoms with Crippen LogP contribution in [-0.4, -0.2) is 65.2 Å². The summed E-state index contributed by atoms with van der Waals surface area (Å²) in [5, 5.41) is 6.65. The van der Waals surface area contributed by atoms with Gasteiger partial charge in [0.25, 0.3) is 5.91 Å². The van der Waals surface area contributed by atoms with Gasteiger partial charge < -0.3 is 20.3 Å². The van der Waals surface area contributed by atoms with Crippen molar-refractivity contribution in [3.05, 3.63) is 36.5 Å². The van der Waals surface area contributed by atoms with Crippen molar-refractivity contribution in [1.29, 1.82) is 0 Å². The number of fused-ring (bicyclic) bond motifs is 2. The molecule has 0 bridgehead atoms. The van der Waals surface area contributed by atoms with E-state index in [0.717, 1.165) is 10.9 Å². The molecule has 3 heterocycles. The zero-order valence-corrected chi connectivity index (χ0v) is 16.6. The first kappa shape index (κ1) is 19.6. The lowest BCUT2D eigenvalue weighted by atomic mass is 10.1. The van der Waals surface area contributed by atoms with Crippen LogP contribution in [0.4, 0.5) is 0 Å². The van der Waals surface area contributed by atoms with Crippen molar-refractivity contribution >= 4 is 28.6 Å². The molecule has 29 heavy (non-hydrogen) atoms. The smallest absolute Gasteiger partial charge is 0.253 e. The standard InChI is InChI=1S/C21H26N4O4/c1-13(22-2)19(26)23-15-10-12-29-18-8-7-17(25(18)20(15)27)21(28)24-11-9-14-5-3-4-6-16(14)24/h3-6,9,11,13,15,17-18,22H,7-8,10,12H2,1-2H3,(H,23,26)/t13-,15-,17+,18?/m0/s1. The quantitative estimate of drug-likeness (QED) is 0.805. The van der Waals surface area contributed by atoms with Crippen LogP contribution in [0.2, 0.25) is 0 Å². The highest BCUT2D eigenvalue weighted by Gasteiger charge is 2.46. The molecule has 0 aliphatic carbocycles.